The molecule has 2 nitrogen and oxygen atoms in total. The van der Waals surface area contributed by atoms with Gasteiger partial charge in [0.25, 0.3) is 0 Å². The first-order valence-electron chi connectivity index (χ1n) is 5.90. The molecule has 0 aliphatic carbocycles. The third kappa shape index (κ3) is 3.19. The van der Waals surface area contributed by atoms with Crippen molar-refractivity contribution in [3.05, 3.63) is 48.6 Å². The highest BCUT2D eigenvalue weighted by Crippen LogP contribution is 2.30. The summed E-state index contributed by atoms with van der Waals surface area (Å²) in [6.07, 6.45) is 4.50. The third-order valence-electron chi connectivity index (χ3n) is 3.13. The second-order valence-electron chi connectivity index (χ2n) is 4.37. The van der Waals surface area contributed by atoms with Gasteiger partial charge in [0, 0.05) is 0 Å². The van der Waals surface area contributed by atoms with Gasteiger partial charge >= 0.3 is 5.97 Å². The molecule has 0 spiro atoms. The number of esters is 1. The average Bonchev–Trinajstić information content (AvgIpc) is 2.39. The van der Waals surface area contributed by atoms with Crippen LogP contribution in [0.4, 0.5) is 0 Å². The molecule has 0 saturated carbocycles. The Balaban J connectivity index is 2.93. The van der Waals surface area contributed by atoms with E-state index in [1.807, 2.05) is 43.3 Å². The van der Waals surface area contributed by atoms with Crippen LogP contribution >= 0.6 is 0 Å². The Kier molecular flexibility index (Phi) is 4.95. The molecule has 1 atom stereocenters. The van der Waals surface area contributed by atoms with Crippen molar-refractivity contribution in [3.63, 3.8) is 0 Å². The topological polar surface area (TPSA) is 26.3 Å². The van der Waals surface area contributed by atoms with Crippen LogP contribution < -0.4 is 0 Å². The molecule has 0 fully saturated rings. The van der Waals surface area contributed by atoms with Crippen LogP contribution in [0.1, 0.15) is 31.7 Å². The highest BCUT2D eigenvalue weighted by Gasteiger charge is 2.35. The summed E-state index contributed by atoms with van der Waals surface area (Å²) in [5.41, 5.74) is 0.454. The second kappa shape index (κ2) is 6.24. The van der Waals surface area contributed by atoms with E-state index in [2.05, 4.69) is 6.58 Å². The van der Waals surface area contributed by atoms with E-state index in [-0.39, 0.29) is 5.97 Å². The van der Waals surface area contributed by atoms with Gasteiger partial charge < -0.3 is 4.74 Å². The maximum atomic E-state index is 12.0. The number of carbonyl (C=O) groups excluding carboxylic acids is 1. The number of carbonyl (C=O) groups is 1. The number of hydrogen-bond acceptors (Lipinski definition) is 2. The first kappa shape index (κ1) is 13.5. The van der Waals surface area contributed by atoms with Crippen LogP contribution in [0.5, 0.6) is 0 Å². The fourth-order valence-corrected chi connectivity index (χ4v) is 2.00. The largest absolute Gasteiger partial charge is 0.468 e. The molecule has 1 aromatic rings. The van der Waals surface area contributed by atoms with Gasteiger partial charge in [-0.1, -0.05) is 36.4 Å². The van der Waals surface area contributed by atoms with Crippen LogP contribution in [0.3, 0.4) is 0 Å². The van der Waals surface area contributed by atoms with Crippen LogP contribution in [0.15, 0.2) is 43.0 Å². The molecule has 1 unspecified atom stereocenters. The quantitative estimate of drug-likeness (QED) is 0.426. The standard InChI is InChI=1S/C15H20O2/c1-4-5-9-12-15(2,14(16)17-3)13-10-7-6-8-11-13/h4,6-8,10-11H,1,5,9,12H2,2-3H3. The predicted octanol–water partition coefficient (Wildman–Crippen LogP) is 3.47. The number of rotatable bonds is 6. The predicted molar refractivity (Wildman–Crippen MR) is 69.9 cm³/mol. The number of unbranched alkanes of at least 4 members (excludes halogenated alkanes) is 1. The Morgan fingerprint density at radius 1 is 1.41 bits per heavy atom. The van der Waals surface area contributed by atoms with Crippen LogP contribution in [0, 0.1) is 0 Å². The van der Waals surface area contributed by atoms with Crippen molar-refractivity contribution in [2.45, 2.75) is 31.6 Å². The van der Waals surface area contributed by atoms with Gasteiger partial charge in [0.1, 0.15) is 0 Å². The zero-order valence-corrected chi connectivity index (χ0v) is 10.6. The molecule has 0 heterocycles. The molecule has 92 valence electrons. The Hall–Kier alpha value is -1.57. The lowest BCUT2D eigenvalue weighted by Gasteiger charge is -2.27. The Labute approximate surface area is 103 Å². The van der Waals surface area contributed by atoms with Gasteiger partial charge in [0.15, 0.2) is 0 Å². The fourth-order valence-electron chi connectivity index (χ4n) is 2.00. The fraction of sp³-hybridized carbons (Fsp3) is 0.400. The summed E-state index contributed by atoms with van der Waals surface area (Å²) in [6, 6.07) is 9.80. The summed E-state index contributed by atoms with van der Waals surface area (Å²) in [5, 5.41) is 0. The highest BCUT2D eigenvalue weighted by atomic mass is 16.5. The van der Waals surface area contributed by atoms with Crippen molar-refractivity contribution in [1.29, 1.82) is 0 Å². The maximum Gasteiger partial charge on any atom is 0.315 e. The van der Waals surface area contributed by atoms with E-state index in [1.54, 1.807) is 0 Å². The minimum atomic E-state index is -0.557. The van der Waals surface area contributed by atoms with Crippen molar-refractivity contribution < 1.29 is 9.53 Å². The van der Waals surface area contributed by atoms with E-state index in [0.717, 1.165) is 24.8 Å². The first-order chi connectivity index (χ1) is 8.15. The molecule has 0 amide bonds. The number of allylic oxidation sites excluding steroid dienone is 1. The molecule has 1 rings (SSSR count). The van der Waals surface area contributed by atoms with E-state index in [9.17, 15) is 4.79 Å². The molecule has 0 saturated heterocycles. The Bertz CT molecular complexity index is 370. The lowest BCUT2D eigenvalue weighted by Crippen LogP contribution is -2.33. The minimum absolute atomic E-state index is 0.173. The average molecular weight is 232 g/mol. The van der Waals surface area contributed by atoms with Crippen LogP contribution in [-0.4, -0.2) is 13.1 Å². The minimum Gasteiger partial charge on any atom is -0.468 e. The van der Waals surface area contributed by atoms with Crippen molar-refractivity contribution in [2.75, 3.05) is 7.11 Å². The lowest BCUT2D eigenvalue weighted by atomic mass is 9.78. The highest BCUT2D eigenvalue weighted by molar-refractivity contribution is 5.82. The summed E-state index contributed by atoms with van der Waals surface area (Å²) < 4.78 is 4.94. The zero-order valence-electron chi connectivity index (χ0n) is 10.6. The van der Waals surface area contributed by atoms with E-state index < -0.39 is 5.41 Å². The molecule has 0 radical (unpaired) electrons. The van der Waals surface area contributed by atoms with Gasteiger partial charge in [-0.25, -0.2) is 0 Å². The van der Waals surface area contributed by atoms with Gasteiger partial charge in [-0.2, -0.15) is 0 Å². The van der Waals surface area contributed by atoms with Crippen molar-refractivity contribution in [1.82, 2.24) is 0 Å². The number of benzene rings is 1. The second-order valence-corrected chi connectivity index (χ2v) is 4.37. The van der Waals surface area contributed by atoms with Gasteiger partial charge in [-0.05, 0) is 31.7 Å². The first-order valence-corrected chi connectivity index (χ1v) is 5.90. The van der Waals surface area contributed by atoms with Crippen molar-refractivity contribution in [2.24, 2.45) is 0 Å². The summed E-state index contributed by atoms with van der Waals surface area (Å²) in [4.78, 5) is 12.0. The molecule has 17 heavy (non-hydrogen) atoms. The van der Waals surface area contributed by atoms with Gasteiger partial charge in [0.2, 0.25) is 0 Å². The lowest BCUT2D eigenvalue weighted by molar-refractivity contribution is -0.147. The molecular weight excluding hydrogens is 212 g/mol. The summed E-state index contributed by atoms with van der Waals surface area (Å²) in [6.45, 7) is 5.64. The van der Waals surface area contributed by atoms with E-state index in [1.165, 1.54) is 7.11 Å². The number of hydrogen-bond donors (Lipinski definition) is 0. The monoisotopic (exact) mass is 232 g/mol. The molecular formula is C15H20O2. The smallest absolute Gasteiger partial charge is 0.315 e. The van der Waals surface area contributed by atoms with Crippen molar-refractivity contribution in [3.8, 4) is 0 Å². The maximum absolute atomic E-state index is 12.0. The molecule has 0 bridgehead atoms. The molecule has 1 aromatic carbocycles. The van der Waals surface area contributed by atoms with E-state index >= 15 is 0 Å². The van der Waals surface area contributed by atoms with E-state index in [0.29, 0.717) is 0 Å². The Morgan fingerprint density at radius 2 is 2.06 bits per heavy atom. The zero-order chi connectivity index (χ0) is 12.7. The SMILES string of the molecule is C=CCCCC(C)(C(=O)OC)c1ccccc1. The molecule has 0 aliphatic heterocycles. The van der Waals surface area contributed by atoms with Crippen LogP contribution in [0.2, 0.25) is 0 Å². The van der Waals surface area contributed by atoms with Crippen molar-refractivity contribution >= 4 is 5.97 Å². The molecule has 0 N–H and O–H groups in total. The summed E-state index contributed by atoms with van der Waals surface area (Å²) in [7, 11) is 1.44. The summed E-state index contributed by atoms with van der Waals surface area (Å²) in [5.74, 6) is -0.173. The molecule has 0 aliphatic rings. The number of methoxy groups -OCH3 is 1. The number of ether oxygens (including phenoxy) is 1. The van der Waals surface area contributed by atoms with Crippen LogP contribution in [0.25, 0.3) is 0 Å². The van der Waals surface area contributed by atoms with Gasteiger partial charge in [0.05, 0.1) is 12.5 Å². The Morgan fingerprint density at radius 3 is 2.59 bits per heavy atom. The van der Waals surface area contributed by atoms with E-state index in [4.69, 9.17) is 4.74 Å². The van der Waals surface area contributed by atoms with Crippen LogP contribution in [-0.2, 0) is 14.9 Å². The van der Waals surface area contributed by atoms with Gasteiger partial charge in [-0.15, -0.1) is 6.58 Å². The molecule has 2 heteroatoms. The van der Waals surface area contributed by atoms with Gasteiger partial charge in [-0.3, -0.25) is 4.79 Å². The summed E-state index contributed by atoms with van der Waals surface area (Å²) >= 11 is 0. The normalized spacial score (nSPS) is 13.8. The third-order valence-corrected chi connectivity index (χ3v) is 3.13. The molecule has 0 aromatic heterocycles.